The molecular weight excluding hydrogens is 328 g/mol. The molecule has 2 amide bonds. The molecule has 0 saturated heterocycles. The summed E-state index contributed by atoms with van der Waals surface area (Å²) in [6.07, 6.45) is 3.47. The predicted molar refractivity (Wildman–Crippen MR) is 93.8 cm³/mol. The third-order valence-corrected chi connectivity index (χ3v) is 5.41. The first-order chi connectivity index (χ1) is 11.5. The Hall–Kier alpha value is -1.62. The monoisotopic (exact) mass is 352 g/mol. The zero-order chi connectivity index (χ0) is 17.1. The molecular formula is C18H25ClN2O3. The average Bonchev–Trinajstić information content (AvgIpc) is 2.57. The highest BCUT2D eigenvalue weighted by Gasteiger charge is 2.28. The second kappa shape index (κ2) is 7.51. The minimum absolute atomic E-state index is 0.132. The molecule has 3 unspecified atom stereocenters. The molecule has 0 aromatic heterocycles. The van der Waals surface area contributed by atoms with Gasteiger partial charge in [0, 0.05) is 12.6 Å². The van der Waals surface area contributed by atoms with Crippen LogP contribution in [0, 0.1) is 11.8 Å². The van der Waals surface area contributed by atoms with Crippen molar-refractivity contribution in [3.8, 4) is 11.5 Å². The number of halogens is 1. The van der Waals surface area contributed by atoms with Gasteiger partial charge in [-0.2, -0.15) is 0 Å². The van der Waals surface area contributed by atoms with E-state index >= 15 is 0 Å². The molecule has 1 fully saturated rings. The van der Waals surface area contributed by atoms with Crippen LogP contribution < -0.4 is 20.1 Å². The van der Waals surface area contributed by atoms with E-state index in [-0.39, 0.29) is 12.1 Å². The molecule has 0 radical (unpaired) electrons. The third-order valence-electron chi connectivity index (χ3n) is 5.13. The van der Waals surface area contributed by atoms with Gasteiger partial charge in [0.05, 0.1) is 5.02 Å². The summed E-state index contributed by atoms with van der Waals surface area (Å²) < 4.78 is 11.1. The second-order valence-electron chi connectivity index (χ2n) is 6.80. The summed E-state index contributed by atoms with van der Waals surface area (Å²) in [5.74, 6) is 2.38. The van der Waals surface area contributed by atoms with E-state index in [0.29, 0.717) is 48.1 Å². The molecule has 3 atom stereocenters. The lowest BCUT2D eigenvalue weighted by Crippen LogP contribution is -2.47. The zero-order valence-corrected chi connectivity index (χ0v) is 15.0. The van der Waals surface area contributed by atoms with Gasteiger partial charge in [-0.1, -0.05) is 38.3 Å². The molecule has 1 aliphatic carbocycles. The molecule has 2 N–H and O–H groups in total. The fourth-order valence-electron chi connectivity index (χ4n) is 3.45. The molecule has 5 nitrogen and oxygen atoms in total. The fourth-order valence-corrected chi connectivity index (χ4v) is 3.74. The van der Waals surface area contributed by atoms with Crippen molar-refractivity contribution in [2.75, 3.05) is 13.2 Å². The number of fused-ring (bicyclic) bond motifs is 1. The van der Waals surface area contributed by atoms with E-state index in [1.807, 2.05) is 6.07 Å². The lowest BCUT2D eigenvalue weighted by molar-refractivity contribution is 0.171. The number of nitrogens with one attached hydrogen (secondary N) is 2. The van der Waals surface area contributed by atoms with Gasteiger partial charge >= 0.3 is 6.03 Å². The Morgan fingerprint density at radius 2 is 2.04 bits per heavy atom. The van der Waals surface area contributed by atoms with Crippen molar-refractivity contribution in [3.63, 3.8) is 0 Å². The van der Waals surface area contributed by atoms with Crippen molar-refractivity contribution in [2.24, 2.45) is 11.8 Å². The molecule has 6 heteroatoms. The molecule has 1 heterocycles. The molecule has 132 valence electrons. The van der Waals surface area contributed by atoms with Crippen molar-refractivity contribution in [2.45, 2.75) is 45.7 Å². The van der Waals surface area contributed by atoms with Crippen molar-refractivity contribution in [1.29, 1.82) is 0 Å². The van der Waals surface area contributed by atoms with Crippen LogP contribution in [-0.4, -0.2) is 25.3 Å². The third kappa shape index (κ3) is 3.89. The number of carbonyl (C=O) groups excluding carboxylic acids is 1. The van der Waals surface area contributed by atoms with E-state index in [9.17, 15) is 4.79 Å². The standard InChI is InChI=1S/C18H25ClN2O3/c1-11-4-3-5-15(12(11)2)21-18(22)20-10-13-8-14(19)17-16(9-13)23-6-7-24-17/h8-9,11-12,15H,3-7,10H2,1-2H3,(H2,20,21,22). The van der Waals surface area contributed by atoms with E-state index in [0.717, 1.165) is 12.0 Å². The largest absolute Gasteiger partial charge is 0.486 e. The van der Waals surface area contributed by atoms with E-state index in [4.69, 9.17) is 21.1 Å². The van der Waals surface area contributed by atoms with Crippen molar-refractivity contribution in [1.82, 2.24) is 10.6 Å². The Kier molecular flexibility index (Phi) is 5.39. The molecule has 2 aliphatic rings. The molecule has 1 aromatic carbocycles. The molecule has 1 aromatic rings. The highest BCUT2D eigenvalue weighted by Crippen LogP contribution is 2.38. The van der Waals surface area contributed by atoms with Gasteiger partial charge in [-0.3, -0.25) is 0 Å². The van der Waals surface area contributed by atoms with Gasteiger partial charge in [0.2, 0.25) is 0 Å². The lowest BCUT2D eigenvalue weighted by atomic mass is 9.78. The Morgan fingerprint density at radius 1 is 1.25 bits per heavy atom. The van der Waals surface area contributed by atoms with E-state index in [1.165, 1.54) is 12.8 Å². The van der Waals surface area contributed by atoms with Crippen LogP contribution in [0.5, 0.6) is 11.5 Å². The maximum Gasteiger partial charge on any atom is 0.315 e. The summed E-state index contributed by atoms with van der Waals surface area (Å²) in [5, 5.41) is 6.53. The van der Waals surface area contributed by atoms with Gasteiger partial charge in [-0.25, -0.2) is 4.79 Å². The number of benzene rings is 1. The number of hydrogen-bond acceptors (Lipinski definition) is 3. The molecule has 24 heavy (non-hydrogen) atoms. The van der Waals surface area contributed by atoms with Gasteiger partial charge in [-0.15, -0.1) is 0 Å². The smallest absolute Gasteiger partial charge is 0.315 e. The summed E-state index contributed by atoms with van der Waals surface area (Å²) >= 11 is 6.22. The van der Waals surface area contributed by atoms with Crippen LogP contribution in [0.1, 0.15) is 38.7 Å². The molecule has 0 spiro atoms. The molecule has 1 aliphatic heterocycles. The Balaban J connectivity index is 1.55. The number of carbonyl (C=O) groups is 1. The summed E-state index contributed by atoms with van der Waals surface area (Å²) in [5.41, 5.74) is 0.893. The topological polar surface area (TPSA) is 59.6 Å². The van der Waals surface area contributed by atoms with Crippen LogP contribution in [0.2, 0.25) is 5.02 Å². The summed E-state index contributed by atoms with van der Waals surface area (Å²) in [7, 11) is 0. The molecule has 1 saturated carbocycles. The van der Waals surface area contributed by atoms with E-state index in [2.05, 4.69) is 24.5 Å². The maximum atomic E-state index is 12.2. The summed E-state index contributed by atoms with van der Waals surface area (Å²) in [6.45, 7) is 5.89. The number of ether oxygens (including phenoxy) is 2. The van der Waals surface area contributed by atoms with E-state index < -0.39 is 0 Å². The van der Waals surface area contributed by atoms with Crippen molar-refractivity contribution in [3.05, 3.63) is 22.7 Å². The highest BCUT2D eigenvalue weighted by molar-refractivity contribution is 6.32. The minimum Gasteiger partial charge on any atom is -0.486 e. The van der Waals surface area contributed by atoms with Gasteiger partial charge in [0.25, 0.3) is 0 Å². The fraction of sp³-hybridized carbons (Fsp3) is 0.611. The number of amides is 2. The van der Waals surface area contributed by atoms with Crippen LogP contribution in [0.25, 0.3) is 0 Å². The Morgan fingerprint density at radius 3 is 2.88 bits per heavy atom. The number of urea groups is 1. The first kappa shape index (κ1) is 17.2. The van der Waals surface area contributed by atoms with Gasteiger partial charge in [-0.05, 0) is 36.0 Å². The van der Waals surface area contributed by atoms with Gasteiger partial charge in [0.15, 0.2) is 11.5 Å². The first-order valence-corrected chi connectivity index (χ1v) is 9.05. The second-order valence-corrected chi connectivity index (χ2v) is 7.21. The Labute approximate surface area is 148 Å². The van der Waals surface area contributed by atoms with Crippen LogP contribution in [0.4, 0.5) is 4.79 Å². The normalized spacial score (nSPS) is 25.9. The maximum absolute atomic E-state index is 12.2. The van der Waals surface area contributed by atoms with Crippen LogP contribution in [0.3, 0.4) is 0 Å². The minimum atomic E-state index is -0.132. The van der Waals surface area contributed by atoms with Gasteiger partial charge < -0.3 is 20.1 Å². The van der Waals surface area contributed by atoms with Crippen molar-refractivity contribution >= 4 is 17.6 Å². The highest BCUT2D eigenvalue weighted by atomic mass is 35.5. The van der Waals surface area contributed by atoms with Crippen molar-refractivity contribution < 1.29 is 14.3 Å². The Bertz CT molecular complexity index is 608. The quantitative estimate of drug-likeness (QED) is 0.871. The van der Waals surface area contributed by atoms with Crippen LogP contribution in [-0.2, 0) is 6.54 Å². The average molecular weight is 353 g/mol. The van der Waals surface area contributed by atoms with Crippen LogP contribution >= 0.6 is 11.6 Å². The lowest BCUT2D eigenvalue weighted by Gasteiger charge is -2.34. The van der Waals surface area contributed by atoms with Gasteiger partial charge in [0.1, 0.15) is 13.2 Å². The summed E-state index contributed by atoms with van der Waals surface area (Å²) in [6, 6.07) is 3.79. The number of hydrogen-bond donors (Lipinski definition) is 2. The molecule has 3 rings (SSSR count). The van der Waals surface area contributed by atoms with Crippen LogP contribution in [0.15, 0.2) is 12.1 Å². The SMILES string of the molecule is CC1CCCC(NC(=O)NCc2cc(Cl)c3c(c2)OCCO3)C1C. The first-order valence-electron chi connectivity index (χ1n) is 8.67. The number of rotatable bonds is 3. The predicted octanol–water partition coefficient (Wildman–Crippen LogP) is 3.74. The summed E-state index contributed by atoms with van der Waals surface area (Å²) in [4.78, 5) is 12.2. The zero-order valence-electron chi connectivity index (χ0n) is 14.2. The molecule has 0 bridgehead atoms. The van der Waals surface area contributed by atoms with E-state index in [1.54, 1.807) is 6.07 Å².